The zero-order chi connectivity index (χ0) is 34.9. The van der Waals surface area contributed by atoms with Crippen molar-refractivity contribution in [2.24, 2.45) is 0 Å². The molecule has 0 N–H and O–H groups in total. The molecule has 0 unspecified atom stereocenters. The molecule has 0 aromatic heterocycles. The Bertz CT molecular complexity index is 2910. The van der Waals surface area contributed by atoms with Crippen molar-refractivity contribution in [2.75, 3.05) is 0 Å². The third kappa shape index (κ3) is 2.96. The Balaban J connectivity index is 1.65. The molecule has 0 heteroatoms. The molecule has 0 heterocycles. The second kappa shape index (κ2) is 8.15. The number of benzene rings is 9. The van der Waals surface area contributed by atoms with E-state index in [0.717, 1.165) is 32.3 Å². The Morgan fingerprint density at radius 1 is 0.350 bits per heavy atom. The monoisotopic (exact) mass is 514 g/mol. The molecular weight excluding hydrogens is 480 g/mol. The highest BCUT2D eigenvalue weighted by Gasteiger charge is 2.19. The second-order valence-electron chi connectivity index (χ2n) is 10.1. The zero-order valence-corrected chi connectivity index (χ0v) is 21.1. The summed E-state index contributed by atoms with van der Waals surface area (Å²) in [5.74, 6) is 0. The van der Waals surface area contributed by atoms with Crippen LogP contribution in [-0.4, -0.2) is 0 Å². The first-order chi connectivity index (χ1) is 24.0. The number of rotatable bonds is 2. The fourth-order valence-electron chi connectivity index (χ4n) is 6.36. The first-order valence-electron chi connectivity index (χ1n) is 18.1. The summed E-state index contributed by atoms with van der Waals surface area (Å²) in [6.07, 6.45) is 0. The fourth-order valence-corrected chi connectivity index (χ4v) is 6.36. The summed E-state index contributed by atoms with van der Waals surface area (Å²) in [5, 5.41) is 6.70. The Morgan fingerprint density at radius 3 is 1.68 bits per heavy atom. The van der Waals surface area contributed by atoms with E-state index in [-0.39, 0.29) is 50.4 Å². The van der Waals surface area contributed by atoms with Gasteiger partial charge in [0, 0.05) is 0 Å². The fraction of sp³-hybridized carbons (Fsp3) is 0. The van der Waals surface area contributed by atoms with Gasteiger partial charge in [0.1, 0.15) is 0 Å². The van der Waals surface area contributed by atoms with Crippen molar-refractivity contribution in [3.63, 3.8) is 0 Å². The first-order valence-corrected chi connectivity index (χ1v) is 13.1. The molecule has 9 aromatic rings. The van der Waals surface area contributed by atoms with Crippen molar-refractivity contribution in [3.05, 3.63) is 145 Å². The van der Waals surface area contributed by atoms with Gasteiger partial charge in [-0.3, -0.25) is 0 Å². The van der Waals surface area contributed by atoms with E-state index in [2.05, 4.69) is 12.1 Å². The Morgan fingerprint density at radius 2 is 0.950 bits per heavy atom. The minimum atomic E-state index is -0.523. The van der Waals surface area contributed by atoms with Crippen molar-refractivity contribution in [3.8, 4) is 22.3 Å². The summed E-state index contributed by atoms with van der Waals surface area (Å²) in [4.78, 5) is 0. The molecule has 9 rings (SSSR count). The van der Waals surface area contributed by atoms with Crippen molar-refractivity contribution >= 4 is 64.6 Å². The van der Waals surface area contributed by atoms with Gasteiger partial charge in [-0.15, -0.1) is 0 Å². The third-order valence-electron chi connectivity index (χ3n) is 8.00. The lowest BCUT2D eigenvalue weighted by Crippen LogP contribution is -1.93. The molecule has 9 aromatic carbocycles. The van der Waals surface area contributed by atoms with E-state index in [1.165, 1.54) is 0 Å². The van der Waals surface area contributed by atoms with Gasteiger partial charge in [0.15, 0.2) is 0 Å². The molecule has 0 atom stereocenters. The van der Waals surface area contributed by atoms with Crippen LogP contribution in [0.15, 0.2) is 145 Å². The molecule has 0 saturated heterocycles. The van der Waals surface area contributed by atoms with Gasteiger partial charge in [0.2, 0.25) is 0 Å². The van der Waals surface area contributed by atoms with Crippen molar-refractivity contribution in [1.82, 2.24) is 0 Å². The SMILES string of the molecule is [2H]c1c([2H])c([2H])c2c(-c3cc4ccc5cccc6ccc(c3)c4c56)c3c(c([2H])c([2H])c4c([2H])c([2H])c([2H])c([2H])c43)c(-c3ccccc3)c2c1[2H]. The normalized spacial score (nSPS) is 15.5. The summed E-state index contributed by atoms with van der Waals surface area (Å²) >= 11 is 0. The van der Waals surface area contributed by atoms with Crippen LogP contribution in [0, 0.1) is 0 Å². The summed E-state index contributed by atoms with van der Waals surface area (Å²) in [5.41, 5.74) is 1.72. The van der Waals surface area contributed by atoms with Crippen LogP contribution < -0.4 is 0 Å². The van der Waals surface area contributed by atoms with Gasteiger partial charge in [-0.05, 0) is 99.0 Å². The largest absolute Gasteiger partial charge is 0.0630 e. The molecule has 0 aliphatic rings. The molecule has 0 bridgehead atoms. The van der Waals surface area contributed by atoms with Crippen LogP contribution >= 0.6 is 0 Å². The molecule has 184 valence electrons. The van der Waals surface area contributed by atoms with E-state index >= 15 is 0 Å². The van der Waals surface area contributed by atoms with Crippen LogP contribution in [0.3, 0.4) is 0 Å². The van der Waals surface area contributed by atoms with Gasteiger partial charge in [-0.1, -0.05) is 133 Å². The molecule has 40 heavy (non-hydrogen) atoms. The Kier molecular flexibility index (Phi) is 2.91. The van der Waals surface area contributed by atoms with Gasteiger partial charge < -0.3 is 0 Å². The van der Waals surface area contributed by atoms with Gasteiger partial charge in [0.25, 0.3) is 0 Å². The molecule has 0 radical (unpaired) electrons. The summed E-state index contributed by atoms with van der Waals surface area (Å²) in [6.45, 7) is 0. The molecule has 0 aliphatic carbocycles. The molecule has 0 saturated carbocycles. The van der Waals surface area contributed by atoms with Gasteiger partial charge in [-0.25, -0.2) is 0 Å². The minimum Gasteiger partial charge on any atom is -0.0622 e. The summed E-state index contributed by atoms with van der Waals surface area (Å²) in [6, 6.07) is 23.0. The summed E-state index contributed by atoms with van der Waals surface area (Å²) < 4.78 is 89.9. The molecule has 0 fully saturated rings. The quantitative estimate of drug-likeness (QED) is 0.159. The zero-order valence-electron chi connectivity index (χ0n) is 31.1. The van der Waals surface area contributed by atoms with E-state index in [0.29, 0.717) is 22.3 Å². The van der Waals surface area contributed by atoms with Crippen LogP contribution in [0.25, 0.3) is 86.9 Å². The maximum Gasteiger partial charge on any atom is 0.0630 e. The number of hydrogen-bond donors (Lipinski definition) is 0. The maximum atomic E-state index is 9.47. The average molecular weight is 515 g/mol. The standard InChI is InChI=1S/C40H24/c1-2-10-26(11-3-1)38-33-15-6-7-16-34(33)39(40-32-14-5-4-9-25(32)21-22-35(38)40)31-23-29-19-17-27-12-8-13-28-18-20-30(24-31)37(29)36(27)28/h1-24H/i4D,5D,6D,7D,9D,14D,15D,16D,21D,22D. The minimum absolute atomic E-state index is 0.0265. The second-order valence-corrected chi connectivity index (χ2v) is 10.1. The van der Waals surface area contributed by atoms with E-state index in [9.17, 15) is 5.48 Å². The number of hydrogen-bond acceptors (Lipinski definition) is 0. The highest BCUT2D eigenvalue weighted by Crippen LogP contribution is 2.47. The first kappa shape index (κ1) is 14.3. The lowest BCUT2D eigenvalue weighted by atomic mass is 9.83. The van der Waals surface area contributed by atoms with Gasteiger partial charge in [-0.2, -0.15) is 0 Å². The van der Waals surface area contributed by atoms with E-state index in [1.807, 2.05) is 48.5 Å². The molecule has 0 spiro atoms. The number of fused-ring (bicyclic) bond motifs is 4. The topological polar surface area (TPSA) is 0 Å². The van der Waals surface area contributed by atoms with E-state index in [1.54, 1.807) is 24.3 Å². The molecule has 0 aliphatic heterocycles. The van der Waals surface area contributed by atoms with E-state index < -0.39 is 42.3 Å². The predicted octanol–water partition coefficient (Wildman–Crippen LogP) is 11.4. The van der Waals surface area contributed by atoms with Gasteiger partial charge in [0.05, 0.1) is 13.7 Å². The van der Waals surface area contributed by atoms with E-state index in [4.69, 9.17) is 8.22 Å². The highest BCUT2D eigenvalue weighted by molar-refractivity contribution is 6.29. The van der Waals surface area contributed by atoms with Crippen LogP contribution in [0.4, 0.5) is 0 Å². The third-order valence-corrected chi connectivity index (χ3v) is 8.00. The molecule has 0 amide bonds. The van der Waals surface area contributed by atoms with Crippen LogP contribution in [0.1, 0.15) is 13.7 Å². The van der Waals surface area contributed by atoms with Crippen LogP contribution in [0.2, 0.25) is 0 Å². The highest BCUT2D eigenvalue weighted by atomic mass is 14.2. The van der Waals surface area contributed by atoms with Crippen molar-refractivity contribution in [2.45, 2.75) is 0 Å². The van der Waals surface area contributed by atoms with Gasteiger partial charge >= 0.3 is 0 Å². The van der Waals surface area contributed by atoms with Crippen LogP contribution in [-0.2, 0) is 0 Å². The van der Waals surface area contributed by atoms with Crippen molar-refractivity contribution in [1.29, 1.82) is 0 Å². The molecule has 0 nitrogen and oxygen atoms in total. The summed E-state index contributed by atoms with van der Waals surface area (Å²) in [7, 11) is 0. The smallest absolute Gasteiger partial charge is 0.0622 e. The molecular formula is C40H24. The van der Waals surface area contributed by atoms with Crippen molar-refractivity contribution < 1.29 is 13.7 Å². The lowest BCUT2D eigenvalue weighted by Gasteiger charge is -2.20. The van der Waals surface area contributed by atoms with Crippen LogP contribution in [0.5, 0.6) is 0 Å². The lowest BCUT2D eigenvalue weighted by molar-refractivity contribution is 1.67. The Labute approximate surface area is 246 Å². The predicted molar refractivity (Wildman–Crippen MR) is 174 cm³/mol. The maximum absolute atomic E-state index is 9.47. The Hall–Kier alpha value is -5.20. The average Bonchev–Trinajstić information content (AvgIpc) is 3.14.